The molecule has 1 aromatic carbocycles. The Morgan fingerprint density at radius 3 is 2.50 bits per heavy atom. The minimum absolute atomic E-state index is 0.118. The molecule has 1 aliphatic carbocycles. The van der Waals surface area contributed by atoms with Crippen LogP contribution in [0.1, 0.15) is 43.2 Å². The Hall–Kier alpha value is -1.43. The lowest BCUT2D eigenvalue weighted by atomic mass is 9.92. The van der Waals surface area contributed by atoms with Crippen LogP contribution in [0, 0.1) is 11.3 Å². The van der Waals surface area contributed by atoms with E-state index in [1.165, 1.54) is 5.56 Å². The molecule has 0 bridgehead atoms. The molecule has 5 nitrogen and oxygen atoms in total. The highest BCUT2D eigenvalue weighted by atomic mass is 16.3. The van der Waals surface area contributed by atoms with Gasteiger partial charge in [-0.25, -0.2) is 0 Å². The number of carbonyl (C=O) groups is 1. The number of likely N-dealkylation sites (tertiary alicyclic amines) is 1. The van der Waals surface area contributed by atoms with Gasteiger partial charge in [-0.3, -0.25) is 9.69 Å². The van der Waals surface area contributed by atoms with Crippen molar-refractivity contribution < 1.29 is 9.90 Å². The topological polar surface area (TPSA) is 64.6 Å². The zero-order valence-corrected chi connectivity index (χ0v) is 15.5. The van der Waals surface area contributed by atoms with Gasteiger partial charge in [0.15, 0.2) is 0 Å². The maximum Gasteiger partial charge on any atom is 0.223 e. The van der Waals surface area contributed by atoms with E-state index in [1.54, 1.807) is 0 Å². The van der Waals surface area contributed by atoms with Crippen molar-refractivity contribution in [3.63, 3.8) is 0 Å². The molecular formula is C21H31N3O2. The van der Waals surface area contributed by atoms with E-state index >= 15 is 0 Å². The quantitative estimate of drug-likeness (QED) is 0.750. The maximum atomic E-state index is 12.4. The minimum Gasteiger partial charge on any atom is -0.393 e. The fourth-order valence-electron chi connectivity index (χ4n) is 4.61. The number of nitrogens with one attached hydrogen (secondary N) is 2. The highest BCUT2D eigenvalue weighted by Gasteiger charge is 2.57. The molecule has 1 aromatic rings. The van der Waals surface area contributed by atoms with Crippen molar-refractivity contribution in [3.8, 4) is 0 Å². The normalized spacial score (nSPS) is 26.0. The molecule has 1 saturated carbocycles. The number of aliphatic hydroxyl groups is 1. The zero-order valence-electron chi connectivity index (χ0n) is 15.5. The number of aliphatic hydroxyl groups excluding tert-OH is 1. The lowest BCUT2D eigenvalue weighted by molar-refractivity contribution is -0.123. The molecule has 1 atom stereocenters. The van der Waals surface area contributed by atoms with Crippen LogP contribution < -0.4 is 10.6 Å². The van der Waals surface area contributed by atoms with Gasteiger partial charge < -0.3 is 15.7 Å². The predicted octanol–water partition coefficient (Wildman–Crippen LogP) is 1.65. The Labute approximate surface area is 156 Å². The van der Waals surface area contributed by atoms with Crippen LogP contribution in [0.5, 0.6) is 0 Å². The number of hydrogen-bond acceptors (Lipinski definition) is 4. The number of carbonyl (C=O) groups excluding carboxylic acids is 1. The van der Waals surface area contributed by atoms with E-state index in [4.69, 9.17) is 0 Å². The van der Waals surface area contributed by atoms with Crippen LogP contribution in [0.3, 0.4) is 0 Å². The van der Waals surface area contributed by atoms with Crippen molar-refractivity contribution in [2.45, 2.75) is 51.3 Å². The Kier molecular flexibility index (Phi) is 5.30. The van der Waals surface area contributed by atoms with Gasteiger partial charge >= 0.3 is 0 Å². The van der Waals surface area contributed by atoms with Crippen LogP contribution in [0.15, 0.2) is 24.3 Å². The molecule has 2 saturated heterocycles. The predicted molar refractivity (Wildman–Crippen MR) is 101 cm³/mol. The number of piperidine rings is 2. The number of benzene rings is 1. The van der Waals surface area contributed by atoms with E-state index in [2.05, 4.69) is 39.8 Å². The Bertz CT molecular complexity index is 617. The third-order valence-electron chi connectivity index (χ3n) is 6.56. The van der Waals surface area contributed by atoms with E-state index in [0.717, 1.165) is 70.4 Å². The first-order valence-electron chi connectivity index (χ1n) is 10.1. The third kappa shape index (κ3) is 4.11. The second-order valence-electron chi connectivity index (χ2n) is 8.41. The Morgan fingerprint density at radius 2 is 1.81 bits per heavy atom. The van der Waals surface area contributed by atoms with E-state index in [9.17, 15) is 9.90 Å². The van der Waals surface area contributed by atoms with E-state index in [1.807, 2.05) is 0 Å². The van der Waals surface area contributed by atoms with Crippen molar-refractivity contribution in [3.05, 3.63) is 35.4 Å². The summed E-state index contributed by atoms with van der Waals surface area (Å²) in [6, 6.07) is 8.58. The summed E-state index contributed by atoms with van der Waals surface area (Å²) in [4.78, 5) is 14.8. The molecule has 0 aromatic heterocycles. The van der Waals surface area contributed by atoms with Crippen molar-refractivity contribution >= 4 is 5.91 Å². The summed E-state index contributed by atoms with van der Waals surface area (Å²) in [7, 11) is 0. The largest absolute Gasteiger partial charge is 0.393 e. The number of rotatable bonds is 5. The molecular weight excluding hydrogens is 326 g/mol. The summed E-state index contributed by atoms with van der Waals surface area (Å²) in [6.45, 7) is 5.62. The molecule has 3 aliphatic rings. The summed E-state index contributed by atoms with van der Waals surface area (Å²) in [6.07, 6.45) is 5.00. The summed E-state index contributed by atoms with van der Waals surface area (Å²) < 4.78 is 0. The molecule has 2 heterocycles. The highest BCUT2D eigenvalue weighted by molar-refractivity contribution is 5.82. The second kappa shape index (κ2) is 7.67. The number of amides is 1. The van der Waals surface area contributed by atoms with Crippen molar-refractivity contribution in [2.24, 2.45) is 11.3 Å². The SMILES string of the molecule is O=C(NCc1ccc(CN2CCC(O)CC2)cc1)C1CC12CCNCC2. The molecule has 2 aliphatic heterocycles. The second-order valence-corrected chi connectivity index (χ2v) is 8.41. The lowest BCUT2D eigenvalue weighted by Crippen LogP contribution is -2.35. The Balaban J connectivity index is 1.22. The highest BCUT2D eigenvalue weighted by Crippen LogP contribution is 2.58. The van der Waals surface area contributed by atoms with Crippen molar-refractivity contribution in [1.82, 2.24) is 15.5 Å². The smallest absolute Gasteiger partial charge is 0.223 e. The van der Waals surface area contributed by atoms with Crippen LogP contribution in [-0.2, 0) is 17.9 Å². The Morgan fingerprint density at radius 1 is 1.15 bits per heavy atom. The third-order valence-corrected chi connectivity index (χ3v) is 6.56. The van der Waals surface area contributed by atoms with Gasteiger partial charge in [0.2, 0.25) is 5.91 Å². The van der Waals surface area contributed by atoms with Gasteiger partial charge in [-0.15, -0.1) is 0 Å². The molecule has 26 heavy (non-hydrogen) atoms. The first-order chi connectivity index (χ1) is 12.6. The monoisotopic (exact) mass is 357 g/mol. The average molecular weight is 357 g/mol. The standard InChI is InChI=1S/C21H31N3O2/c25-18-5-11-24(12-6-18)15-17-3-1-16(2-4-17)14-23-20(26)19-13-21(19)7-9-22-10-8-21/h1-4,18-19,22,25H,5-15H2,(H,23,26). The van der Waals surface area contributed by atoms with Gasteiger partial charge in [0.05, 0.1) is 6.10 Å². The van der Waals surface area contributed by atoms with Gasteiger partial charge in [0.25, 0.3) is 0 Å². The number of hydrogen-bond donors (Lipinski definition) is 3. The molecule has 0 radical (unpaired) electrons. The van der Waals surface area contributed by atoms with Crippen molar-refractivity contribution in [1.29, 1.82) is 0 Å². The maximum absolute atomic E-state index is 12.4. The average Bonchev–Trinajstić information content (AvgIpc) is 3.36. The lowest BCUT2D eigenvalue weighted by Gasteiger charge is -2.29. The summed E-state index contributed by atoms with van der Waals surface area (Å²) >= 11 is 0. The molecule has 4 rings (SSSR count). The van der Waals surface area contributed by atoms with E-state index in [-0.39, 0.29) is 17.9 Å². The van der Waals surface area contributed by atoms with Crippen molar-refractivity contribution in [2.75, 3.05) is 26.2 Å². The summed E-state index contributed by atoms with van der Waals surface area (Å²) in [5, 5.41) is 16.1. The fourth-order valence-corrected chi connectivity index (χ4v) is 4.61. The number of nitrogens with zero attached hydrogens (tertiary/aromatic N) is 1. The van der Waals surface area contributed by atoms with Gasteiger partial charge in [0.1, 0.15) is 0 Å². The van der Waals surface area contributed by atoms with Crippen LogP contribution in [0.4, 0.5) is 0 Å². The zero-order chi connectivity index (χ0) is 18.0. The fraction of sp³-hybridized carbons (Fsp3) is 0.667. The van der Waals surface area contributed by atoms with Crippen LogP contribution in [0.25, 0.3) is 0 Å². The first kappa shape index (κ1) is 18.0. The van der Waals surface area contributed by atoms with Crippen LogP contribution in [-0.4, -0.2) is 48.2 Å². The van der Waals surface area contributed by atoms with Gasteiger partial charge in [-0.1, -0.05) is 24.3 Å². The molecule has 3 N–H and O–H groups in total. The molecule has 1 spiro atoms. The van der Waals surface area contributed by atoms with Gasteiger partial charge in [-0.2, -0.15) is 0 Å². The first-order valence-corrected chi connectivity index (χ1v) is 10.1. The summed E-state index contributed by atoms with van der Waals surface area (Å²) in [5.74, 6) is 0.473. The molecule has 1 unspecified atom stereocenters. The molecule has 1 amide bonds. The van der Waals surface area contributed by atoms with Gasteiger partial charge in [0, 0.05) is 32.1 Å². The molecule has 142 valence electrons. The van der Waals surface area contributed by atoms with Crippen LogP contribution in [0.2, 0.25) is 0 Å². The van der Waals surface area contributed by atoms with E-state index < -0.39 is 0 Å². The van der Waals surface area contributed by atoms with Crippen LogP contribution >= 0.6 is 0 Å². The summed E-state index contributed by atoms with van der Waals surface area (Å²) in [5.41, 5.74) is 2.77. The van der Waals surface area contributed by atoms with E-state index in [0.29, 0.717) is 12.0 Å². The molecule has 5 heteroatoms. The minimum atomic E-state index is -0.118. The molecule has 3 fully saturated rings. The van der Waals surface area contributed by atoms with Gasteiger partial charge in [-0.05, 0) is 61.7 Å².